The summed E-state index contributed by atoms with van der Waals surface area (Å²) in [4.78, 5) is 12.2. The van der Waals surface area contributed by atoms with Crippen LogP contribution in [0.25, 0.3) is 0 Å². The Morgan fingerprint density at radius 3 is 2.06 bits per heavy atom. The molecular formula is C16H32O2. The standard InChI is InChI=1S/C16H32O2/c1-8-11-18-14(17)16(7,10-3)13(4)12-15(5,6)9-2/h13H,8-12H2,1-7H3. The molecule has 108 valence electrons. The maximum absolute atomic E-state index is 12.2. The fourth-order valence-electron chi connectivity index (χ4n) is 2.25. The summed E-state index contributed by atoms with van der Waals surface area (Å²) in [7, 11) is 0. The molecule has 0 radical (unpaired) electrons. The summed E-state index contributed by atoms with van der Waals surface area (Å²) in [6.45, 7) is 15.7. The first kappa shape index (κ1) is 17.5. The number of ether oxygens (including phenoxy) is 1. The summed E-state index contributed by atoms with van der Waals surface area (Å²) in [6, 6.07) is 0. The molecular weight excluding hydrogens is 224 g/mol. The SMILES string of the molecule is CCCOC(=O)C(C)(CC)C(C)CC(C)(C)CC. The van der Waals surface area contributed by atoms with Crippen molar-refractivity contribution in [2.75, 3.05) is 6.61 Å². The zero-order valence-electron chi connectivity index (χ0n) is 13.4. The van der Waals surface area contributed by atoms with Gasteiger partial charge in [-0.1, -0.05) is 48.0 Å². The van der Waals surface area contributed by atoms with Gasteiger partial charge >= 0.3 is 5.97 Å². The number of hydrogen-bond donors (Lipinski definition) is 0. The highest BCUT2D eigenvalue weighted by atomic mass is 16.5. The monoisotopic (exact) mass is 256 g/mol. The van der Waals surface area contributed by atoms with Crippen LogP contribution >= 0.6 is 0 Å². The van der Waals surface area contributed by atoms with Crippen molar-refractivity contribution in [3.63, 3.8) is 0 Å². The van der Waals surface area contributed by atoms with Gasteiger partial charge in [0.15, 0.2) is 0 Å². The molecule has 2 heteroatoms. The second kappa shape index (κ2) is 7.16. The topological polar surface area (TPSA) is 26.3 Å². The maximum Gasteiger partial charge on any atom is 0.312 e. The number of hydrogen-bond acceptors (Lipinski definition) is 2. The number of carbonyl (C=O) groups is 1. The average molecular weight is 256 g/mol. The third-order valence-electron chi connectivity index (χ3n) is 4.54. The molecule has 0 aliphatic rings. The Kier molecular flexibility index (Phi) is 6.94. The number of esters is 1. The van der Waals surface area contributed by atoms with E-state index in [-0.39, 0.29) is 11.4 Å². The Balaban J connectivity index is 4.76. The summed E-state index contributed by atoms with van der Waals surface area (Å²) < 4.78 is 5.38. The van der Waals surface area contributed by atoms with Crippen LogP contribution in [0.15, 0.2) is 0 Å². The molecule has 2 nitrogen and oxygen atoms in total. The predicted octanol–water partition coefficient (Wildman–Crippen LogP) is 4.82. The first-order valence-corrected chi connectivity index (χ1v) is 7.40. The highest BCUT2D eigenvalue weighted by molar-refractivity contribution is 5.76. The second-order valence-corrected chi connectivity index (χ2v) is 6.53. The van der Waals surface area contributed by atoms with Crippen LogP contribution in [0.5, 0.6) is 0 Å². The quantitative estimate of drug-likeness (QED) is 0.582. The fraction of sp³-hybridized carbons (Fsp3) is 0.938. The van der Waals surface area contributed by atoms with Crippen LogP contribution < -0.4 is 0 Å². The molecule has 0 N–H and O–H groups in total. The summed E-state index contributed by atoms with van der Waals surface area (Å²) >= 11 is 0. The van der Waals surface area contributed by atoms with Crippen molar-refractivity contribution in [1.29, 1.82) is 0 Å². The van der Waals surface area contributed by atoms with Crippen LogP contribution in [-0.2, 0) is 9.53 Å². The lowest BCUT2D eigenvalue weighted by atomic mass is 9.68. The molecule has 18 heavy (non-hydrogen) atoms. The van der Waals surface area contributed by atoms with E-state index in [1.54, 1.807) is 0 Å². The van der Waals surface area contributed by atoms with Crippen molar-refractivity contribution in [1.82, 2.24) is 0 Å². The van der Waals surface area contributed by atoms with E-state index in [9.17, 15) is 4.79 Å². The Labute approximate surface area is 113 Å². The number of rotatable bonds is 8. The molecule has 2 atom stereocenters. The van der Waals surface area contributed by atoms with Gasteiger partial charge in [-0.3, -0.25) is 4.79 Å². The molecule has 0 aromatic carbocycles. The first-order valence-electron chi connectivity index (χ1n) is 7.40. The normalized spacial score (nSPS) is 17.1. The van der Waals surface area contributed by atoms with Crippen molar-refractivity contribution >= 4 is 5.97 Å². The van der Waals surface area contributed by atoms with E-state index >= 15 is 0 Å². The second-order valence-electron chi connectivity index (χ2n) is 6.53. The molecule has 0 bridgehead atoms. The van der Waals surface area contributed by atoms with Gasteiger partial charge in [-0.15, -0.1) is 0 Å². The molecule has 0 aliphatic carbocycles. The van der Waals surface area contributed by atoms with Crippen LogP contribution in [0, 0.1) is 16.7 Å². The zero-order valence-corrected chi connectivity index (χ0v) is 13.4. The van der Waals surface area contributed by atoms with Crippen LogP contribution in [-0.4, -0.2) is 12.6 Å². The maximum atomic E-state index is 12.2. The lowest BCUT2D eigenvalue weighted by molar-refractivity contribution is -0.159. The molecule has 0 fully saturated rings. The van der Waals surface area contributed by atoms with Crippen molar-refractivity contribution < 1.29 is 9.53 Å². The van der Waals surface area contributed by atoms with E-state index in [4.69, 9.17) is 4.74 Å². The molecule has 0 spiro atoms. The highest BCUT2D eigenvalue weighted by Crippen LogP contribution is 2.41. The average Bonchev–Trinajstić information content (AvgIpc) is 2.34. The molecule has 0 aliphatic heterocycles. The minimum Gasteiger partial charge on any atom is -0.465 e. The van der Waals surface area contributed by atoms with E-state index in [0.29, 0.717) is 17.9 Å². The van der Waals surface area contributed by atoms with Gasteiger partial charge < -0.3 is 4.74 Å². The van der Waals surface area contributed by atoms with Crippen molar-refractivity contribution in [2.45, 2.75) is 74.1 Å². The van der Waals surface area contributed by atoms with Gasteiger partial charge in [0.25, 0.3) is 0 Å². The van der Waals surface area contributed by atoms with E-state index in [1.807, 2.05) is 6.92 Å². The minimum absolute atomic E-state index is 0.0220. The first-order chi connectivity index (χ1) is 8.23. The van der Waals surface area contributed by atoms with Crippen molar-refractivity contribution in [3.8, 4) is 0 Å². The molecule has 0 aromatic heterocycles. The van der Waals surface area contributed by atoms with Gasteiger partial charge in [0.05, 0.1) is 12.0 Å². The minimum atomic E-state index is -0.346. The third-order valence-corrected chi connectivity index (χ3v) is 4.54. The molecule has 0 saturated carbocycles. The van der Waals surface area contributed by atoms with Crippen molar-refractivity contribution in [3.05, 3.63) is 0 Å². The van der Waals surface area contributed by atoms with Crippen LogP contribution in [0.4, 0.5) is 0 Å². The zero-order chi connectivity index (χ0) is 14.4. The van der Waals surface area contributed by atoms with Gasteiger partial charge in [-0.05, 0) is 37.5 Å². The van der Waals surface area contributed by atoms with Gasteiger partial charge in [0.2, 0.25) is 0 Å². The lowest BCUT2D eigenvalue weighted by Crippen LogP contribution is -2.37. The van der Waals surface area contributed by atoms with Gasteiger partial charge in [0.1, 0.15) is 0 Å². The molecule has 0 amide bonds. The highest BCUT2D eigenvalue weighted by Gasteiger charge is 2.40. The van der Waals surface area contributed by atoms with Crippen LogP contribution in [0.2, 0.25) is 0 Å². The molecule has 2 unspecified atom stereocenters. The van der Waals surface area contributed by atoms with Crippen molar-refractivity contribution in [2.24, 2.45) is 16.7 Å². The van der Waals surface area contributed by atoms with Gasteiger partial charge in [-0.2, -0.15) is 0 Å². The molecule has 0 rings (SSSR count). The molecule has 0 aromatic rings. The summed E-state index contributed by atoms with van der Waals surface area (Å²) in [5, 5.41) is 0. The van der Waals surface area contributed by atoms with Crippen LogP contribution in [0.3, 0.4) is 0 Å². The molecule has 0 saturated heterocycles. The fourth-order valence-corrected chi connectivity index (χ4v) is 2.25. The van der Waals surface area contributed by atoms with E-state index < -0.39 is 0 Å². The smallest absolute Gasteiger partial charge is 0.312 e. The van der Waals surface area contributed by atoms with E-state index in [1.165, 1.54) is 0 Å². The Bertz CT molecular complexity index is 258. The lowest BCUT2D eigenvalue weighted by Gasteiger charge is -2.37. The largest absolute Gasteiger partial charge is 0.465 e. The Morgan fingerprint density at radius 2 is 1.67 bits per heavy atom. The van der Waals surface area contributed by atoms with E-state index in [0.717, 1.165) is 25.7 Å². The van der Waals surface area contributed by atoms with Gasteiger partial charge in [0, 0.05) is 0 Å². The summed E-state index contributed by atoms with van der Waals surface area (Å²) in [5.41, 5.74) is -0.0531. The van der Waals surface area contributed by atoms with E-state index in [2.05, 4.69) is 41.5 Å². The number of carbonyl (C=O) groups excluding carboxylic acids is 1. The van der Waals surface area contributed by atoms with Gasteiger partial charge in [-0.25, -0.2) is 0 Å². The summed E-state index contributed by atoms with van der Waals surface area (Å²) in [5.74, 6) is 0.327. The Hall–Kier alpha value is -0.530. The Morgan fingerprint density at radius 1 is 1.11 bits per heavy atom. The van der Waals surface area contributed by atoms with Crippen LogP contribution in [0.1, 0.15) is 74.1 Å². The molecule has 0 heterocycles. The predicted molar refractivity (Wildman–Crippen MR) is 77.5 cm³/mol. The third kappa shape index (κ3) is 4.62. The summed E-state index contributed by atoms with van der Waals surface area (Å²) in [6.07, 6.45) is 3.94.